The SMILES string of the molecule is CC(C)(C)OC(=O)[C@@H]1CCCN1C[C@H]1C[C@@H](c2ccc(CO)cc2)O[C@@H](c2ccc(NC(=O)NC34CC5CC(CC(C5)C3)C4)cc2)O1. The Morgan fingerprint density at radius 2 is 1.55 bits per heavy atom. The highest BCUT2D eigenvalue weighted by Gasteiger charge is 2.51. The molecule has 6 aliphatic rings. The van der Waals surface area contributed by atoms with Crippen molar-refractivity contribution in [2.75, 3.05) is 18.4 Å². The largest absolute Gasteiger partial charge is 0.459 e. The van der Waals surface area contributed by atoms with Crippen LogP contribution in [0.1, 0.15) is 108 Å². The molecular weight excluding hydrogens is 594 g/mol. The van der Waals surface area contributed by atoms with Crippen LogP contribution in [0, 0.1) is 17.8 Å². The van der Waals surface area contributed by atoms with Gasteiger partial charge in [0.2, 0.25) is 0 Å². The molecule has 4 aliphatic carbocycles. The molecule has 0 radical (unpaired) electrons. The molecule has 4 saturated carbocycles. The number of amides is 2. The molecule has 4 atom stereocenters. The lowest BCUT2D eigenvalue weighted by Crippen LogP contribution is -2.60. The quantitative estimate of drug-likeness (QED) is 0.277. The summed E-state index contributed by atoms with van der Waals surface area (Å²) in [4.78, 5) is 28.4. The third-order valence-electron chi connectivity index (χ3n) is 11.0. The molecule has 2 saturated heterocycles. The van der Waals surface area contributed by atoms with Crippen LogP contribution in [0.2, 0.25) is 0 Å². The molecule has 8 rings (SSSR count). The minimum absolute atomic E-state index is 0.0118. The number of benzene rings is 2. The number of hydrogen-bond acceptors (Lipinski definition) is 7. The van der Waals surface area contributed by atoms with E-state index in [1.165, 1.54) is 19.3 Å². The van der Waals surface area contributed by atoms with Crippen molar-refractivity contribution in [3.8, 4) is 0 Å². The summed E-state index contributed by atoms with van der Waals surface area (Å²) in [7, 11) is 0. The first-order valence-corrected chi connectivity index (χ1v) is 17.7. The van der Waals surface area contributed by atoms with Crippen LogP contribution in [-0.2, 0) is 25.6 Å². The number of aliphatic hydroxyl groups is 1. The van der Waals surface area contributed by atoms with Crippen molar-refractivity contribution in [2.24, 2.45) is 17.8 Å². The number of esters is 1. The molecule has 3 N–H and O–H groups in total. The van der Waals surface area contributed by atoms with Crippen molar-refractivity contribution in [2.45, 2.75) is 121 Å². The fourth-order valence-electron chi connectivity index (χ4n) is 9.37. The number of urea groups is 1. The minimum Gasteiger partial charge on any atom is -0.459 e. The number of nitrogens with one attached hydrogen (secondary N) is 2. The summed E-state index contributed by atoms with van der Waals surface area (Å²) in [6.07, 6.45) is 8.69. The molecule has 9 nitrogen and oxygen atoms in total. The lowest BCUT2D eigenvalue weighted by Gasteiger charge is -2.56. The molecule has 0 aromatic heterocycles. The smallest absolute Gasteiger partial charge is 0.323 e. The van der Waals surface area contributed by atoms with Gasteiger partial charge in [0.1, 0.15) is 11.6 Å². The predicted molar refractivity (Wildman–Crippen MR) is 178 cm³/mol. The molecule has 2 heterocycles. The van der Waals surface area contributed by atoms with Gasteiger partial charge in [-0.1, -0.05) is 36.4 Å². The van der Waals surface area contributed by atoms with Crippen LogP contribution < -0.4 is 10.6 Å². The first-order valence-electron chi connectivity index (χ1n) is 17.7. The third-order valence-corrected chi connectivity index (χ3v) is 11.0. The number of ether oxygens (including phenoxy) is 3. The van der Waals surface area contributed by atoms with E-state index < -0.39 is 11.9 Å². The van der Waals surface area contributed by atoms with Crippen molar-refractivity contribution in [3.63, 3.8) is 0 Å². The van der Waals surface area contributed by atoms with Crippen LogP contribution in [0.4, 0.5) is 10.5 Å². The molecule has 4 bridgehead atoms. The number of hydrogen-bond donors (Lipinski definition) is 3. The monoisotopic (exact) mass is 645 g/mol. The molecule has 9 heteroatoms. The summed E-state index contributed by atoms with van der Waals surface area (Å²) in [5, 5.41) is 16.0. The van der Waals surface area contributed by atoms with E-state index in [2.05, 4.69) is 15.5 Å². The number of carbonyl (C=O) groups is 2. The maximum absolute atomic E-state index is 13.2. The first-order chi connectivity index (χ1) is 22.5. The summed E-state index contributed by atoms with van der Waals surface area (Å²) in [5.41, 5.74) is 2.89. The van der Waals surface area contributed by atoms with Crippen molar-refractivity contribution in [3.05, 3.63) is 65.2 Å². The number of anilines is 1. The van der Waals surface area contributed by atoms with Crippen molar-refractivity contribution in [1.29, 1.82) is 0 Å². The predicted octanol–water partition coefficient (Wildman–Crippen LogP) is 6.62. The highest BCUT2D eigenvalue weighted by atomic mass is 16.7. The maximum atomic E-state index is 13.2. The lowest BCUT2D eigenvalue weighted by molar-refractivity contribution is -0.253. The molecule has 0 unspecified atom stereocenters. The number of aliphatic hydroxyl groups excluding tert-OH is 1. The summed E-state index contributed by atoms with van der Waals surface area (Å²) in [6.45, 7) is 7.11. The van der Waals surface area contributed by atoms with Gasteiger partial charge in [-0.15, -0.1) is 0 Å². The highest BCUT2D eigenvalue weighted by Crippen LogP contribution is 2.55. The zero-order chi connectivity index (χ0) is 32.8. The summed E-state index contributed by atoms with van der Waals surface area (Å²) in [5.74, 6) is 2.13. The number of carbonyl (C=O) groups excluding carboxylic acids is 2. The summed E-state index contributed by atoms with van der Waals surface area (Å²) >= 11 is 0. The zero-order valence-electron chi connectivity index (χ0n) is 28.1. The fraction of sp³-hybridized carbons (Fsp3) is 0.632. The maximum Gasteiger partial charge on any atom is 0.323 e. The number of likely N-dealkylation sites (tertiary alicyclic amines) is 1. The van der Waals surface area contributed by atoms with Gasteiger partial charge in [0.25, 0.3) is 0 Å². The lowest BCUT2D eigenvalue weighted by atomic mass is 9.53. The van der Waals surface area contributed by atoms with Crippen molar-refractivity contribution in [1.82, 2.24) is 10.2 Å². The minimum atomic E-state index is -0.617. The Morgan fingerprint density at radius 1 is 0.915 bits per heavy atom. The molecule has 2 amide bonds. The molecule has 47 heavy (non-hydrogen) atoms. The van der Waals surface area contributed by atoms with E-state index >= 15 is 0 Å². The summed E-state index contributed by atoms with van der Waals surface area (Å²) in [6, 6.07) is 15.2. The Hall–Kier alpha value is -2.98. The van der Waals surface area contributed by atoms with Crippen LogP contribution in [0.3, 0.4) is 0 Å². The van der Waals surface area contributed by atoms with Gasteiger partial charge < -0.3 is 30.0 Å². The van der Waals surface area contributed by atoms with E-state index in [9.17, 15) is 14.7 Å². The normalized spacial score (nSPS) is 33.5. The average Bonchev–Trinajstić information content (AvgIpc) is 3.48. The Bertz CT molecular complexity index is 1390. The Balaban J connectivity index is 1.03. The van der Waals surface area contributed by atoms with Crippen LogP contribution >= 0.6 is 0 Å². The van der Waals surface area contributed by atoms with Gasteiger partial charge in [-0.25, -0.2) is 4.79 Å². The molecule has 6 fully saturated rings. The van der Waals surface area contributed by atoms with Gasteiger partial charge in [0, 0.05) is 29.8 Å². The second-order valence-corrected chi connectivity index (χ2v) is 15.9. The van der Waals surface area contributed by atoms with E-state index in [1.807, 2.05) is 69.3 Å². The van der Waals surface area contributed by atoms with Crippen LogP contribution in [0.15, 0.2) is 48.5 Å². The van der Waals surface area contributed by atoms with Gasteiger partial charge in [0.15, 0.2) is 6.29 Å². The second-order valence-electron chi connectivity index (χ2n) is 15.9. The van der Waals surface area contributed by atoms with E-state index in [0.717, 1.165) is 78.8 Å². The summed E-state index contributed by atoms with van der Waals surface area (Å²) < 4.78 is 18.9. The molecular formula is C38H51N3O6. The Kier molecular flexibility index (Phi) is 9.11. The van der Waals surface area contributed by atoms with Gasteiger partial charge in [0.05, 0.1) is 18.8 Å². The Morgan fingerprint density at radius 3 is 2.17 bits per heavy atom. The van der Waals surface area contributed by atoms with Crippen molar-refractivity contribution >= 4 is 17.7 Å². The number of rotatable bonds is 8. The molecule has 254 valence electrons. The highest BCUT2D eigenvalue weighted by molar-refractivity contribution is 5.89. The molecule has 2 aromatic rings. The van der Waals surface area contributed by atoms with E-state index in [0.29, 0.717) is 13.0 Å². The number of nitrogens with zero attached hydrogens (tertiary/aromatic N) is 1. The Labute approximate surface area is 278 Å². The van der Waals surface area contributed by atoms with Gasteiger partial charge in [-0.2, -0.15) is 0 Å². The second kappa shape index (κ2) is 13.1. The van der Waals surface area contributed by atoms with Crippen molar-refractivity contribution < 1.29 is 28.9 Å². The fourth-order valence-corrected chi connectivity index (χ4v) is 9.37. The van der Waals surface area contributed by atoms with E-state index in [-0.39, 0.29) is 42.4 Å². The molecule has 2 aromatic carbocycles. The van der Waals surface area contributed by atoms with Gasteiger partial charge in [-0.05, 0) is 120 Å². The third kappa shape index (κ3) is 7.53. The van der Waals surface area contributed by atoms with Crippen LogP contribution in [0.5, 0.6) is 0 Å². The van der Waals surface area contributed by atoms with E-state index in [1.54, 1.807) is 0 Å². The topological polar surface area (TPSA) is 109 Å². The van der Waals surface area contributed by atoms with Gasteiger partial charge in [-0.3, -0.25) is 9.69 Å². The van der Waals surface area contributed by atoms with Crippen LogP contribution in [0.25, 0.3) is 0 Å². The zero-order valence-corrected chi connectivity index (χ0v) is 28.1. The van der Waals surface area contributed by atoms with E-state index in [4.69, 9.17) is 14.2 Å². The van der Waals surface area contributed by atoms with Gasteiger partial charge >= 0.3 is 12.0 Å². The molecule has 2 aliphatic heterocycles. The standard InChI is InChI=1S/C38H51N3O6/c1-37(2,3)47-34(43)32-5-4-14-41(32)22-31-18-33(28-8-6-24(23-42)7-9-28)46-35(45-31)29-10-12-30(13-11-29)39-36(44)40-38-19-25-15-26(20-38)17-27(16-25)21-38/h6-13,25-27,31-33,35,42H,4-5,14-23H2,1-3H3,(H2,39,40,44)/t25?,26?,27?,31-,32+,33+,35+,38?/m1/s1. The molecule has 0 spiro atoms. The first kappa shape index (κ1) is 32.6. The van der Waals surface area contributed by atoms with Crippen LogP contribution in [-0.4, -0.2) is 58.4 Å². The average molecular weight is 646 g/mol.